The maximum Gasteiger partial charge on any atom is 1.00 e. The molecule has 0 unspecified atom stereocenters. The topological polar surface area (TPSA) is 155 Å². The number of carboxylic acids is 1. The smallest absolute Gasteiger partial charge is 0.870 e. The van der Waals surface area contributed by atoms with Crippen LogP contribution in [0, 0.1) is 35.5 Å². The Morgan fingerprint density at radius 3 is 1.41 bits per heavy atom. The number of aliphatic carboxylic acids is 1. The number of carboxylic acid groups (broad SMARTS) is 1. The Bertz CT molecular complexity index is 554. The minimum atomic E-state index is -0.691. The summed E-state index contributed by atoms with van der Waals surface area (Å²) in [5.41, 5.74) is 0. The van der Waals surface area contributed by atoms with Crippen molar-refractivity contribution in [3.63, 3.8) is 0 Å². The van der Waals surface area contributed by atoms with Crippen molar-refractivity contribution in [1.29, 1.82) is 0 Å². The molecule has 1 aliphatic heterocycles. The van der Waals surface area contributed by atoms with Crippen LogP contribution in [0.25, 0.3) is 0 Å². The zero-order valence-electron chi connectivity index (χ0n) is 25.9. The van der Waals surface area contributed by atoms with Gasteiger partial charge in [0.05, 0.1) is 18.9 Å². The second kappa shape index (κ2) is 33.8. The van der Waals surface area contributed by atoms with E-state index in [9.17, 15) is 14.4 Å². The zero-order chi connectivity index (χ0) is 28.7. The number of methoxy groups -OCH3 is 2. The van der Waals surface area contributed by atoms with E-state index >= 15 is 0 Å². The summed E-state index contributed by atoms with van der Waals surface area (Å²) in [6.07, 6.45) is 5.13. The van der Waals surface area contributed by atoms with Crippen LogP contribution in [0.3, 0.4) is 0 Å². The molecule has 0 saturated carbocycles. The van der Waals surface area contributed by atoms with Crippen LogP contribution in [0.2, 0.25) is 0 Å². The molecule has 1 rings (SSSR count). The number of esters is 2. The maximum atomic E-state index is 11.2. The first-order valence-corrected chi connectivity index (χ1v) is 15.7. The number of rotatable bonds is 11. The quantitative estimate of drug-likeness (QED) is 0.0985. The van der Waals surface area contributed by atoms with Crippen molar-refractivity contribution in [2.24, 2.45) is 39.5 Å². The Morgan fingerprint density at radius 2 is 1.18 bits per heavy atom. The van der Waals surface area contributed by atoms with Crippen LogP contribution in [0.15, 0.2) is 0 Å². The van der Waals surface area contributed by atoms with Crippen LogP contribution in [-0.2, 0) is 28.6 Å². The predicted molar refractivity (Wildman–Crippen MR) is 150 cm³/mol. The van der Waals surface area contributed by atoms with E-state index in [4.69, 9.17) is 13.8 Å². The molecule has 1 aliphatic rings. The summed E-state index contributed by atoms with van der Waals surface area (Å²) in [7, 11) is 2.86. The van der Waals surface area contributed by atoms with Gasteiger partial charge in [0.1, 0.15) is 0 Å². The van der Waals surface area contributed by atoms with Gasteiger partial charge in [-0.2, -0.15) is 0 Å². The van der Waals surface area contributed by atoms with Crippen LogP contribution in [0.4, 0.5) is 0 Å². The third-order valence-electron chi connectivity index (χ3n) is 5.07. The van der Waals surface area contributed by atoms with Crippen LogP contribution < -0.4 is 44.3 Å². The molecule has 0 aliphatic carbocycles. The maximum absolute atomic E-state index is 11.2. The monoisotopic (exact) mass is 672 g/mol. The largest absolute Gasteiger partial charge is 1.00 e. The number of nitrogens with two attached hydrogens (primary N) is 1. The second-order valence-electron chi connectivity index (χ2n) is 10.4. The SMILES string of the molecule is C.C1CCOC1.CC(C)C[C@H](C)C(=O)O.COC(=O)[C@@H](C)CC(C)C.COC(=O)[C@@H](C[I-]N)CC(C)C.[Li+].[OH-]. The summed E-state index contributed by atoms with van der Waals surface area (Å²) in [4.78, 5) is 32.2. The van der Waals surface area contributed by atoms with Gasteiger partial charge in [-0.3, -0.25) is 9.59 Å². The zero-order valence-corrected chi connectivity index (χ0v) is 28.1. The minimum absolute atomic E-state index is 0. The summed E-state index contributed by atoms with van der Waals surface area (Å²) in [6, 6.07) is 0. The number of carbonyl (C=O) groups excluding carboxylic acids is 2. The Morgan fingerprint density at radius 1 is 0.795 bits per heavy atom. The summed E-state index contributed by atoms with van der Waals surface area (Å²) >= 11 is -0.305. The first-order chi connectivity index (χ1) is 16.7. The van der Waals surface area contributed by atoms with Crippen LogP contribution in [0.1, 0.15) is 94.9 Å². The van der Waals surface area contributed by atoms with Crippen molar-refractivity contribution in [3.8, 4) is 0 Å². The van der Waals surface area contributed by atoms with E-state index in [0.717, 1.165) is 36.9 Å². The van der Waals surface area contributed by atoms with Gasteiger partial charge >= 0.3 is 115 Å². The van der Waals surface area contributed by atoms with E-state index in [2.05, 4.69) is 37.2 Å². The van der Waals surface area contributed by atoms with Gasteiger partial charge in [-0.05, 0) is 37.5 Å². The third-order valence-corrected chi connectivity index (χ3v) is 6.64. The molecule has 0 aromatic carbocycles. The fourth-order valence-electron chi connectivity index (χ4n) is 3.39. The van der Waals surface area contributed by atoms with Gasteiger partial charge in [0.15, 0.2) is 0 Å². The average molecular weight is 673 g/mol. The molecule has 1 heterocycles. The second-order valence-corrected chi connectivity index (χ2v) is 12.2. The minimum Gasteiger partial charge on any atom is -0.870 e. The summed E-state index contributed by atoms with van der Waals surface area (Å²) in [5.74, 6) is 0.573. The molecular formula is C28H60ILiNO8-. The predicted octanol–water partition coefficient (Wildman–Crippen LogP) is -0.361. The number of hydrogen-bond donors (Lipinski definition) is 2. The van der Waals surface area contributed by atoms with E-state index in [1.165, 1.54) is 27.1 Å². The van der Waals surface area contributed by atoms with E-state index in [0.29, 0.717) is 17.8 Å². The molecule has 1 saturated heterocycles. The molecule has 0 spiro atoms. The first-order valence-electron chi connectivity index (χ1n) is 13.0. The van der Waals surface area contributed by atoms with Crippen molar-refractivity contribution in [3.05, 3.63) is 0 Å². The Kier molecular flexibility index (Phi) is 44.5. The number of ether oxygens (including phenoxy) is 3. The van der Waals surface area contributed by atoms with Gasteiger partial charge < -0.3 is 20.1 Å². The van der Waals surface area contributed by atoms with Crippen molar-refractivity contribution in [2.45, 2.75) is 94.9 Å². The number of hydrogen-bond acceptors (Lipinski definition) is 8. The molecule has 4 N–H and O–H groups in total. The summed E-state index contributed by atoms with van der Waals surface area (Å²) < 4.78 is 20.5. The van der Waals surface area contributed by atoms with E-state index in [1.807, 2.05) is 20.8 Å². The molecule has 0 aromatic heterocycles. The van der Waals surface area contributed by atoms with Crippen LogP contribution in [-0.4, -0.2) is 60.4 Å². The Balaban J connectivity index is -0.0000000933. The molecule has 11 heteroatoms. The Hall–Kier alpha value is -0.383. The van der Waals surface area contributed by atoms with E-state index in [-0.39, 0.29) is 82.9 Å². The van der Waals surface area contributed by atoms with Gasteiger partial charge in [0.25, 0.3) is 0 Å². The molecular weight excluding hydrogens is 612 g/mol. The van der Waals surface area contributed by atoms with Crippen LogP contribution in [0.5, 0.6) is 0 Å². The molecule has 0 amide bonds. The molecule has 0 aromatic rings. The number of alkyl halides is 1. The first kappa shape index (κ1) is 51.4. The van der Waals surface area contributed by atoms with Gasteiger partial charge in [-0.25, -0.2) is 0 Å². The summed E-state index contributed by atoms with van der Waals surface area (Å²) in [6.45, 7) is 18.1. The molecule has 1 fully saturated rings. The normalized spacial score (nSPS) is 13.8. The molecule has 0 radical (unpaired) electrons. The number of halogens is 1. The van der Waals surface area contributed by atoms with Crippen molar-refractivity contribution in [2.75, 3.05) is 31.9 Å². The number of carbonyl (C=O) groups is 3. The van der Waals surface area contributed by atoms with Gasteiger partial charge in [-0.15, -0.1) is 0 Å². The third kappa shape index (κ3) is 37.6. The molecule has 3 atom stereocenters. The van der Waals surface area contributed by atoms with Gasteiger partial charge in [0, 0.05) is 13.2 Å². The van der Waals surface area contributed by atoms with E-state index < -0.39 is 5.97 Å². The molecule has 9 nitrogen and oxygen atoms in total. The fraction of sp³-hybridized carbons (Fsp3) is 0.893. The van der Waals surface area contributed by atoms with E-state index in [1.54, 1.807) is 6.92 Å². The molecule has 234 valence electrons. The van der Waals surface area contributed by atoms with Crippen molar-refractivity contribution < 1.29 is 79.5 Å². The fourth-order valence-corrected chi connectivity index (χ4v) is 4.72. The van der Waals surface area contributed by atoms with Gasteiger partial charge in [0.2, 0.25) is 0 Å². The van der Waals surface area contributed by atoms with Crippen LogP contribution >= 0.6 is 0 Å². The van der Waals surface area contributed by atoms with Gasteiger partial charge in [-0.1, -0.05) is 49.0 Å². The standard InChI is InChI=1S/C8H17INO2.C8H16O2.C7H14O2.C4H8O.CH4.Li.H2O/c1-6(2)4-7(5-9-10)8(11)12-3;1-6(2)5-7(3)8(9)10-4;1-5(2)4-6(3)7(8)9;1-2-4-5-3-1;;;/h6-7H,4-5,10H2,1-3H3;6-7H,5H2,1-4H3;5-6H,4H2,1-3H3,(H,8,9);1-4H2;1H4;;1H2/q-1;;;;;+1;/p-1/t2*7-;6-;;;;/m100..../s1. The Labute approximate surface area is 262 Å². The average Bonchev–Trinajstić information content (AvgIpc) is 3.37. The van der Waals surface area contributed by atoms with Crippen molar-refractivity contribution >= 4 is 17.9 Å². The van der Waals surface area contributed by atoms with Crippen molar-refractivity contribution in [1.82, 2.24) is 0 Å². The molecule has 39 heavy (non-hydrogen) atoms. The molecule has 0 bridgehead atoms. The summed E-state index contributed by atoms with van der Waals surface area (Å²) in [5, 5.41) is 8.43.